The summed E-state index contributed by atoms with van der Waals surface area (Å²) in [6.07, 6.45) is 1.08. The van der Waals surface area contributed by atoms with Crippen LogP contribution in [0, 0.1) is 17.6 Å². The largest absolute Gasteiger partial charge is 0.497 e. The lowest BCUT2D eigenvalue weighted by Gasteiger charge is -2.42. The van der Waals surface area contributed by atoms with E-state index in [0.29, 0.717) is 24.2 Å². The second kappa shape index (κ2) is 10.3. The molecule has 0 aromatic heterocycles. The lowest BCUT2D eigenvalue weighted by Crippen LogP contribution is -2.51. The molecule has 1 aliphatic rings. The quantitative estimate of drug-likeness (QED) is 0.644. The van der Waals surface area contributed by atoms with Gasteiger partial charge in [-0.15, -0.1) is 0 Å². The van der Waals surface area contributed by atoms with Crippen molar-refractivity contribution < 1.29 is 13.5 Å². The summed E-state index contributed by atoms with van der Waals surface area (Å²) >= 11 is 0. The highest BCUT2D eigenvalue weighted by Gasteiger charge is 2.29. The average molecular weight is 418 g/mol. The second-order valence-corrected chi connectivity index (χ2v) is 8.42. The Morgan fingerprint density at radius 1 is 1.23 bits per heavy atom. The van der Waals surface area contributed by atoms with Crippen molar-refractivity contribution in [1.29, 1.82) is 0 Å². The molecule has 1 fully saturated rings. The average Bonchev–Trinajstić information content (AvgIpc) is 2.73. The van der Waals surface area contributed by atoms with Crippen molar-refractivity contribution in [2.75, 3.05) is 33.9 Å². The molecule has 1 heterocycles. The molecule has 3 unspecified atom stereocenters. The maximum absolute atomic E-state index is 14.2. The zero-order chi connectivity index (χ0) is 21.7. The van der Waals surface area contributed by atoms with Gasteiger partial charge >= 0.3 is 0 Å². The molecule has 0 aliphatic carbocycles. The minimum atomic E-state index is -0.807. The lowest BCUT2D eigenvalue weighted by molar-refractivity contribution is 0.0610. The fourth-order valence-corrected chi connectivity index (χ4v) is 4.40. The van der Waals surface area contributed by atoms with E-state index in [1.54, 1.807) is 19.2 Å². The van der Waals surface area contributed by atoms with Gasteiger partial charge in [0.2, 0.25) is 0 Å². The fraction of sp³-hybridized carbons (Fsp3) is 0.500. The Morgan fingerprint density at radius 3 is 2.73 bits per heavy atom. The SMILES string of the molecule is COc1cccc(CN(CNC(C)c2cccc(F)c2F)C2CCN(C)CC2C)c1. The highest BCUT2D eigenvalue weighted by atomic mass is 19.2. The maximum Gasteiger partial charge on any atom is 0.163 e. The van der Waals surface area contributed by atoms with Gasteiger partial charge in [0.15, 0.2) is 11.6 Å². The van der Waals surface area contributed by atoms with E-state index in [1.807, 2.05) is 19.1 Å². The molecule has 2 aromatic carbocycles. The first-order valence-electron chi connectivity index (χ1n) is 10.6. The van der Waals surface area contributed by atoms with Crippen LogP contribution in [-0.2, 0) is 6.54 Å². The van der Waals surface area contributed by atoms with E-state index in [9.17, 15) is 8.78 Å². The summed E-state index contributed by atoms with van der Waals surface area (Å²) in [6, 6.07) is 12.6. The molecule has 0 radical (unpaired) electrons. The minimum absolute atomic E-state index is 0.296. The summed E-state index contributed by atoms with van der Waals surface area (Å²) < 4.78 is 33.2. The molecule has 1 N–H and O–H groups in total. The van der Waals surface area contributed by atoms with Gasteiger partial charge in [-0.3, -0.25) is 10.2 Å². The lowest BCUT2D eigenvalue weighted by atomic mass is 9.92. The third-order valence-corrected chi connectivity index (χ3v) is 6.10. The van der Waals surface area contributed by atoms with Gasteiger partial charge in [0, 0.05) is 37.4 Å². The highest BCUT2D eigenvalue weighted by molar-refractivity contribution is 5.28. The standard InChI is InChI=1S/C24H33F2N3O/c1-17-14-28(3)12-11-23(17)29(15-19-7-5-8-20(13-19)30-4)16-27-18(2)21-9-6-10-22(25)24(21)26/h5-10,13,17-18,23,27H,11-12,14-16H2,1-4H3. The summed E-state index contributed by atoms with van der Waals surface area (Å²) in [5, 5.41) is 3.42. The van der Waals surface area contributed by atoms with Gasteiger partial charge in [-0.25, -0.2) is 8.78 Å². The summed E-state index contributed by atoms with van der Waals surface area (Å²) in [6.45, 7) is 7.62. The fourth-order valence-electron chi connectivity index (χ4n) is 4.40. The van der Waals surface area contributed by atoms with Crippen LogP contribution in [0.1, 0.15) is 37.4 Å². The number of piperidine rings is 1. The molecule has 164 valence electrons. The van der Waals surface area contributed by atoms with E-state index in [-0.39, 0.29) is 6.04 Å². The van der Waals surface area contributed by atoms with Crippen LogP contribution in [-0.4, -0.2) is 49.8 Å². The maximum atomic E-state index is 14.2. The van der Waals surface area contributed by atoms with Crippen molar-refractivity contribution in [3.63, 3.8) is 0 Å². The Kier molecular flexibility index (Phi) is 7.81. The molecule has 30 heavy (non-hydrogen) atoms. The summed E-state index contributed by atoms with van der Waals surface area (Å²) in [5.74, 6) is -0.229. The Hall–Kier alpha value is -2.02. The first-order valence-corrected chi connectivity index (χ1v) is 10.6. The predicted molar refractivity (Wildman–Crippen MR) is 116 cm³/mol. The number of ether oxygens (including phenoxy) is 1. The third-order valence-electron chi connectivity index (χ3n) is 6.10. The smallest absolute Gasteiger partial charge is 0.163 e. The number of hydrogen-bond acceptors (Lipinski definition) is 4. The zero-order valence-electron chi connectivity index (χ0n) is 18.4. The molecule has 1 aliphatic heterocycles. The van der Waals surface area contributed by atoms with Crippen LogP contribution < -0.4 is 10.1 Å². The van der Waals surface area contributed by atoms with E-state index < -0.39 is 11.6 Å². The van der Waals surface area contributed by atoms with Gasteiger partial charge < -0.3 is 9.64 Å². The van der Waals surface area contributed by atoms with E-state index in [4.69, 9.17) is 4.74 Å². The number of benzene rings is 2. The topological polar surface area (TPSA) is 27.7 Å². The number of methoxy groups -OCH3 is 1. The molecule has 1 saturated heterocycles. The number of likely N-dealkylation sites (tertiary alicyclic amines) is 1. The molecule has 3 atom stereocenters. The first kappa shape index (κ1) is 22.7. The van der Waals surface area contributed by atoms with Crippen molar-refractivity contribution in [3.8, 4) is 5.75 Å². The van der Waals surface area contributed by atoms with Gasteiger partial charge in [-0.05, 0) is 56.6 Å². The Balaban J connectivity index is 1.75. The third kappa shape index (κ3) is 5.56. The van der Waals surface area contributed by atoms with Crippen LogP contribution in [0.3, 0.4) is 0 Å². The molecule has 0 bridgehead atoms. The van der Waals surface area contributed by atoms with Gasteiger partial charge in [-0.1, -0.05) is 31.2 Å². The van der Waals surface area contributed by atoms with Crippen molar-refractivity contribution in [3.05, 3.63) is 65.2 Å². The van der Waals surface area contributed by atoms with Crippen molar-refractivity contribution in [2.24, 2.45) is 5.92 Å². The molecule has 3 rings (SSSR count). The van der Waals surface area contributed by atoms with Gasteiger partial charge in [0.25, 0.3) is 0 Å². The van der Waals surface area contributed by atoms with E-state index in [1.165, 1.54) is 5.56 Å². The molecule has 0 amide bonds. The molecular weight excluding hydrogens is 384 g/mol. The van der Waals surface area contributed by atoms with E-state index in [0.717, 1.165) is 37.9 Å². The van der Waals surface area contributed by atoms with E-state index in [2.05, 4.69) is 41.2 Å². The van der Waals surface area contributed by atoms with Crippen LogP contribution in [0.4, 0.5) is 8.78 Å². The number of halogens is 2. The number of nitrogens with zero attached hydrogens (tertiary/aromatic N) is 2. The van der Waals surface area contributed by atoms with E-state index >= 15 is 0 Å². The van der Waals surface area contributed by atoms with Gasteiger partial charge in [0.05, 0.1) is 7.11 Å². The summed E-state index contributed by atoms with van der Waals surface area (Å²) in [5.41, 5.74) is 1.53. The van der Waals surface area contributed by atoms with Crippen molar-refractivity contribution >= 4 is 0 Å². The van der Waals surface area contributed by atoms with Gasteiger partial charge in [-0.2, -0.15) is 0 Å². The molecular formula is C24H33F2N3O. The van der Waals surface area contributed by atoms with Gasteiger partial charge in [0.1, 0.15) is 5.75 Å². The molecule has 4 nitrogen and oxygen atoms in total. The molecule has 2 aromatic rings. The Labute approximate surface area is 178 Å². The summed E-state index contributed by atoms with van der Waals surface area (Å²) in [4.78, 5) is 4.78. The normalized spacial score (nSPS) is 21.0. The molecule has 0 saturated carbocycles. The van der Waals surface area contributed by atoms with Crippen LogP contribution in [0.25, 0.3) is 0 Å². The number of hydrogen-bond donors (Lipinski definition) is 1. The molecule has 0 spiro atoms. The van der Waals surface area contributed by atoms with Crippen LogP contribution in [0.5, 0.6) is 5.75 Å². The zero-order valence-corrected chi connectivity index (χ0v) is 18.4. The minimum Gasteiger partial charge on any atom is -0.497 e. The predicted octanol–water partition coefficient (Wildman–Crippen LogP) is 4.42. The molecule has 6 heteroatoms. The monoisotopic (exact) mass is 417 g/mol. The highest BCUT2D eigenvalue weighted by Crippen LogP contribution is 2.25. The second-order valence-electron chi connectivity index (χ2n) is 8.42. The first-order chi connectivity index (χ1) is 14.4. The van der Waals surface area contributed by atoms with Crippen LogP contribution in [0.2, 0.25) is 0 Å². The van der Waals surface area contributed by atoms with Crippen molar-refractivity contribution in [2.45, 2.75) is 38.9 Å². The summed E-state index contributed by atoms with van der Waals surface area (Å²) in [7, 11) is 3.83. The number of nitrogens with one attached hydrogen (secondary N) is 1. The van der Waals surface area contributed by atoms with Crippen LogP contribution >= 0.6 is 0 Å². The Bertz CT molecular complexity index is 832. The Morgan fingerprint density at radius 2 is 2.00 bits per heavy atom. The number of rotatable bonds is 8. The van der Waals surface area contributed by atoms with Crippen molar-refractivity contribution in [1.82, 2.24) is 15.1 Å². The van der Waals surface area contributed by atoms with Crippen LogP contribution in [0.15, 0.2) is 42.5 Å².